The maximum Gasteiger partial charge on any atom is 0.338 e. The Bertz CT molecular complexity index is 377. The Labute approximate surface area is 112 Å². The molecule has 0 saturated heterocycles. The van der Waals surface area contributed by atoms with Crippen LogP contribution in [0.4, 0.5) is 0 Å². The molecule has 1 aromatic rings. The lowest BCUT2D eigenvalue weighted by Crippen LogP contribution is -2.18. The van der Waals surface area contributed by atoms with Gasteiger partial charge in [-0.25, -0.2) is 4.79 Å². The number of thiol groups is 1. The predicted molar refractivity (Wildman–Crippen MR) is 71.8 cm³/mol. The third-order valence-corrected chi connectivity index (χ3v) is 2.81. The Kier molecular flexibility index (Phi) is 6.18. The Morgan fingerprint density at radius 3 is 2.44 bits per heavy atom. The lowest BCUT2D eigenvalue weighted by molar-refractivity contribution is 0.0172. The highest BCUT2D eigenvalue weighted by Crippen LogP contribution is 2.20. The third kappa shape index (κ3) is 4.01. The monoisotopic (exact) mass is 270 g/mol. The quantitative estimate of drug-likeness (QED) is 0.542. The summed E-state index contributed by atoms with van der Waals surface area (Å²) >= 11 is 4.00. The summed E-state index contributed by atoms with van der Waals surface area (Å²) in [6, 6.07) is 6.37. The smallest absolute Gasteiger partial charge is 0.338 e. The first-order valence-corrected chi connectivity index (χ1v) is 6.47. The van der Waals surface area contributed by atoms with Crippen LogP contribution < -0.4 is 0 Å². The molecule has 0 fully saturated rings. The van der Waals surface area contributed by atoms with Crippen LogP contribution in [0.15, 0.2) is 24.3 Å². The molecule has 0 bridgehead atoms. The predicted octanol–water partition coefficient (Wildman–Crippen LogP) is 1.58. The summed E-state index contributed by atoms with van der Waals surface area (Å²) in [4.78, 5) is 11.4. The molecule has 100 valence electrons. The van der Waals surface area contributed by atoms with Gasteiger partial charge in [-0.3, -0.25) is 0 Å². The zero-order valence-corrected chi connectivity index (χ0v) is 11.1. The van der Waals surface area contributed by atoms with Gasteiger partial charge in [-0.1, -0.05) is 12.1 Å². The second kappa shape index (κ2) is 7.41. The second-order valence-electron chi connectivity index (χ2n) is 3.87. The topological polar surface area (TPSA) is 66.8 Å². The summed E-state index contributed by atoms with van der Waals surface area (Å²) < 4.78 is 4.85. The number of carbonyl (C=O) groups is 1. The minimum absolute atomic E-state index is 0.323. The molecule has 18 heavy (non-hydrogen) atoms. The van der Waals surface area contributed by atoms with E-state index in [4.69, 9.17) is 4.74 Å². The van der Waals surface area contributed by atoms with Crippen molar-refractivity contribution in [3.63, 3.8) is 0 Å². The molecule has 0 spiro atoms. The van der Waals surface area contributed by atoms with E-state index in [-0.39, 0.29) is 0 Å². The molecule has 0 aromatic heterocycles. The summed E-state index contributed by atoms with van der Waals surface area (Å²) in [5, 5.41) is 19.5. The normalized spacial score (nSPS) is 14.0. The molecule has 1 rings (SSSR count). The fourth-order valence-corrected chi connectivity index (χ4v) is 1.81. The van der Waals surface area contributed by atoms with Crippen molar-refractivity contribution in [2.45, 2.75) is 25.6 Å². The fourth-order valence-electron chi connectivity index (χ4n) is 1.54. The van der Waals surface area contributed by atoms with E-state index in [2.05, 4.69) is 12.6 Å². The molecule has 0 aliphatic carbocycles. The number of ether oxygens (including phenoxy) is 1. The minimum atomic E-state index is -0.964. The van der Waals surface area contributed by atoms with Crippen molar-refractivity contribution in [1.29, 1.82) is 0 Å². The van der Waals surface area contributed by atoms with Crippen molar-refractivity contribution >= 4 is 18.6 Å². The van der Waals surface area contributed by atoms with Crippen LogP contribution >= 0.6 is 12.6 Å². The van der Waals surface area contributed by atoms with Crippen LogP contribution in [0, 0.1) is 0 Å². The Hall–Kier alpha value is -1.04. The highest BCUT2D eigenvalue weighted by atomic mass is 32.1. The SMILES string of the molecule is CCOC(=O)c1ccc(C(O)C(O)CCS)cc1. The van der Waals surface area contributed by atoms with E-state index in [1.54, 1.807) is 31.2 Å². The maximum atomic E-state index is 11.4. The molecule has 2 N–H and O–H groups in total. The molecule has 0 amide bonds. The van der Waals surface area contributed by atoms with Gasteiger partial charge in [0.25, 0.3) is 0 Å². The Morgan fingerprint density at radius 2 is 1.94 bits per heavy atom. The first-order valence-electron chi connectivity index (χ1n) is 5.84. The van der Waals surface area contributed by atoms with Crippen LogP contribution in [0.3, 0.4) is 0 Å². The Balaban J connectivity index is 2.73. The first kappa shape index (κ1) is 15.0. The minimum Gasteiger partial charge on any atom is -0.462 e. The van der Waals surface area contributed by atoms with Gasteiger partial charge in [-0.2, -0.15) is 12.6 Å². The van der Waals surface area contributed by atoms with Crippen LogP contribution in [0.1, 0.15) is 35.4 Å². The zero-order chi connectivity index (χ0) is 13.5. The zero-order valence-electron chi connectivity index (χ0n) is 10.2. The van der Waals surface area contributed by atoms with E-state index in [9.17, 15) is 15.0 Å². The van der Waals surface area contributed by atoms with E-state index in [1.807, 2.05) is 0 Å². The van der Waals surface area contributed by atoms with Crippen LogP contribution in [0.5, 0.6) is 0 Å². The average Bonchev–Trinajstić information content (AvgIpc) is 2.38. The summed E-state index contributed by atoms with van der Waals surface area (Å²) in [6.45, 7) is 2.06. The van der Waals surface area contributed by atoms with E-state index >= 15 is 0 Å². The van der Waals surface area contributed by atoms with E-state index in [0.717, 1.165) is 0 Å². The second-order valence-corrected chi connectivity index (χ2v) is 4.31. The van der Waals surface area contributed by atoms with Crippen LogP contribution in [-0.4, -0.2) is 34.6 Å². The number of hydrogen-bond donors (Lipinski definition) is 3. The van der Waals surface area contributed by atoms with Gasteiger partial charge in [-0.05, 0) is 36.8 Å². The maximum absolute atomic E-state index is 11.4. The summed E-state index contributed by atoms with van der Waals surface area (Å²) in [5.74, 6) is 0.105. The molecular formula is C13H18O4S. The number of hydrogen-bond acceptors (Lipinski definition) is 5. The molecule has 2 unspecified atom stereocenters. The molecule has 5 heteroatoms. The highest BCUT2D eigenvalue weighted by molar-refractivity contribution is 7.80. The van der Waals surface area contributed by atoms with Crippen molar-refractivity contribution < 1.29 is 19.7 Å². The summed E-state index contributed by atoms with van der Waals surface area (Å²) in [7, 11) is 0. The molecule has 0 heterocycles. The lowest BCUT2D eigenvalue weighted by Gasteiger charge is -2.17. The number of benzene rings is 1. The van der Waals surface area contributed by atoms with E-state index < -0.39 is 18.2 Å². The number of rotatable bonds is 6. The average molecular weight is 270 g/mol. The van der Waals surface area contributed by atoms with Crippen molar-refractivity contribution in [3.05, 3.63) is 35.4 Å². The number of aliphatic hydroxyl groups excluding tert-OH is 2. The molecule has 2 atom stereocenters. The Morgan fingerprint density at radius 1 is 1.33 bits per heavy atom. The summed E-state index contributed by atoms with van der Waals surface area (Å²) in [5.41, 5.74) is 0.994. The summed E-state index contributed by atoms with van der Waals surface area (Å²) in [6.07, 6.45) is -1.41. The van der Waals surface area contributed by atoms with Crippen LogP contribution in [0.25, 0.3) is 0 Å². The van der Waals surface area contributed by atoms with Gasteiger partial charge >= 0.3 is 5.97 Å². The molecule has 4 nitrogen and oxygen atoms in total. The van der Waals surface area contributed by atoms with Gasteiger partial charge in [0, 0.05) is 0 Å². The molecule has 1 aromatic carbocycles. The van der Waals surface area contributed by atoms with Crippen molar-refractivity contribution in [2.24, 2.45) is 0 Å². The molecule has 0 aliphatic rings. The van der Waals surface area contributed by atoms with Crippen molar-refractivity contribution in [1.82, 2.24) is 0 Å². The van der Waals surface area contributed by atoms with Crippen molar-refractivity contribution in [3.8, 4) is 0 Å². The molecule has 0 saturated carbocycles. The van der Waals surface area contributed by atoms with Gasteiger partial charge in [0.05, 0.1) is 18.3 Å². The van der Waals surface area contributed by atoms with Gasteiger partial charge in [0.15, 0.2) is 0 Å². The molecule has 0 aliphatic heterocycles. The first-order chi connectivity index (χ1) is 8.60. The lowest BCUT2D eigenvalue weighted by atomic mass is 10.0. The third-order valence-electron chi connectivity index (χ3n) is 2.55. The van der Waals surface area contributed by atoms with Crippen LogP contribution in [0.2, 0.25) is 0 Å². The van der Waals surface area contributed by atoms with E-state index in [0.29, 0.717) is 29.9 Å². The highest BCUT2D eigenvalue weighted by Gasteiger charge is 2.18. The number of carbonyl (C=O) groups excluding carboxylic acids is 1. The van der Waals surface area contributed by atoms with Crippen LogP contribution in [-0.2, 0) is 4.74 Å². The fraction of sp³-hybridized carbons (Fsp3) is 0.462. The van der Waals surface area contributed by atoms with Crippen molar-refractivity contribution in [2.75, 3.05) is 12.4 Å². The standard InChI is InChI=1S/C13H18O4S/c1-2-17-13(16)10-5-3-9(4-6-10)12(15)11(14)7-8-18/h3-6,11-12,14-15,18H,2,7-8H2,1H3. The van der Waals surface area contributed by atoms with Gasteiger partial charge in [0.2, 0.25) is 0 Å². The van der Waals surface area contributed by atoms with E-state index in [1.165, 1.54) is 0 Å². The van der Waals surface area contributed by atoms with Gasteiger partial charge in [-0.15, -0.1) is 0 Å². The molecule has 0 radical (unpaired) electrons. The number of esters is 1. The molecular weight excluding hydrogens is 252 g/mol. The van der Waals surface area contributed by atoms with Gasteiger partial charge in [0.1, 0.15) is 6.10 Å². The number of aliphatic hydroxyl groups is 2. The largest absolute Gasteiger partial charge is 0.462 e. The van der Waals surface area contributed by atoms with Gasteiger partial charge < -0.3 is 14.9 Å².